The molecule has 3 aromatic rings. The lowest BCUT2D eigenvalue weighted by atomic mass is 10.1. The first-order valence-electron chi connectivity index (χ1n) is 7.46. The van der Waals surface area contributed by atoms with Gasteiger partial charge in [0, 0.05) is 17.1 Å². The number of thiazole rings is 1. The molecule has 1 fully saturated rings. The first-order chi connectivity index (χ1) is 11.3. The minimum absolute atomic E-state index is 0.0116. The minimum Gasteiger partial charge on any atom is -0.343 e. The van der Waals surface area contributed by atoms with Gasteiger partial charge in [0.05, 0.1) is 11.7 Å². The SMILES string of the molecule is O=C(N[C@H](c1nccs1)C1CC1)c1cccc(-n2cncn2)c1. The molecule has 6 nitrogen and oxygen atoms in total. The van der Waals surface area contributed by atoms with Gasteiger partial charge in [0.15, 0.2) is 0 Å². The molecule has 7 heteroatoms. The van der Waals surface area contributed by atoms with Crippen molar-refractivity contribution in [3.8, 4) is 5.69 Å². The highest BCUT2D eigenvalue weighted by atomic mass is 32.1. The van der Waals surface area contributed by atoms with Crippen LogP contribution in [0.25, 0.3) is 5.69 Å². The van der Waals surface area contributed by atoms with Crippen molar-refractivity contribution >= 4 is 17.2 Å². The number of nitrogens with one attached hydrogen (secondary N) is 1. The molecule has 0 radical (unpaired) electrons. The van der Waals surface area contributed by atoms with Gasteiger partial charge in [0.25, 0.3) is 5.91 Å². The van der Waals surface area contributed by atoms with Gasteiger partial charge in [-0.15, -0.1) is 11.3 Å². The molecule has 116 valence electrons. The average molecular weight is 325 g/mol. The van der Waals surface area contributed by atoms with Crippen LogP contribution in [0, 0.1) is 5.92 Å². The molecule has 0 aliphatic heterocycles. The summed E-state index contributed by atoms with van der Waals surface area (Å²) in [7, 11) is 0. The van der Waals surface area contributed by atoms with Crippen molar-refractivity contribution in [3.63, 3.8) is 0 Å². The van der Waals surface area contributed by atoms with Crippen LogP contribution < -0.4 is 5.32 Å². The highest BCUT2D eigenvalue weighted by Gasteiger charge is 2.35. The third-order valence-corrected chi connectivity index (χ3v) is 4.75. The second kappa shape index (κ2) is 5.92. The van der Waals surface area contributed by atoms with Crippen LogP contribution >= 0.6 is 11.3 Å². The lowest BCUT2D eigenvalue weighted by molar-refractivity contribution is 0.0931. The molecule has 4 rings (SSSR count). The summed E-state index contributed by atoms with van der Waals surface area (Å²) in [6, 6.07) is 7.38. The van der Waals surface area contributed by atoms with Crippen LogP contribution in [0.2, 0.25) is 0 Å². The predicted molar refractivity (Wildman–Crippen MR) is 86.4 cm³/mol. The summed E-state index contributed by atoms with van der Waals surface area (Å²) in [4.78, 5) is 20.9. The van der Waals surface area contributed by atoms with E-state index in [1.54, 1.807) is 28.5 Å². The standard InChI is InChI=1S/C16H15N5OS/c22-15(20-14(11-4-5-11)16-18-6-7-23-16)12-2-1-3-13(8-12)21-10-17-9-19-21/h1-3,6-11,14H,4-5H2,(H,20,22)/t14-/m0/s1. The van der Waals surface area contributed by atoms with Crippen molar-refractivity contribution in [2.24, 2.45) is 5.92 Å². The Balaban J connectivity index is 1.56. The van der Waals surface area contributed by atoms with Crippen LogP contribution in [0.15, 0.2) is 48.5 Å². The predicted octanol–water partition coefficient (Wildman–Crippen LogP) is 2.60. The fourth-order valence-electron chi connectivity index (χ4n) is 2.55. The number of aromatic nitrogens is 4. The molecule has 1 aliphatic carbocycles. The number of nitrogens with zero attached hydrogens (tertiary/aromatic N) is 4. The molecular weight excluding hydrogens is 310 g/mol. The van der Waals surface area contributed by atoms with Gasteiger partial charge >= 0.3 is 0 Å². The summed E-state index contributed by atoms with van der Waals surface area (Å²) in [6.07, 6.45) is 7.15. The lowest BCUT2D eigenvalue weighted by Gasteiger charge is -2.16. The fourth-order valence-corrected chi connectivity index (χ4v) is 3.34. The van der Waals surface area contributed by atoms with Crippen LogP contribution in [0.3, 0.4) is 0 Å². The third-order valence-electron chi connectivity index (χ3n) is 3.89. The number of benzene rings is 1. The Labute approximate surface area is 137 Å². The molecule has 0 bridgehead atoms. The van der Waals surface area contributed by atoms with Crippen molar-refractivity contribution in [2.75, 3.05) is 0 Å². The molecule has 1 amide bonds. The molecule has 2 aromatic heterocycles. The van der Waals surface area contributed by atoms with Crippen molar-refractivity contribution in [1.82, 2.24) is 25.1 Å². The number of carbonyl (C=O) groups is 1. The molecule has 23 heavy (non-hydrogen) atoms. The van der Waals surface area contributed by atoms with Crippen molar-refractivity contribution in [2.45, 2.75) is 18.9 Å². The quantitative estimate of drug-likeness (QED) is 0.782. The average Bonchev–Trinajstić information content (AvgIpc) is 3.06. The van der Waals surface area contributed by atoms with E-state index in [1.165, 1.54) is 6.33 Å². The van der Waals surface area contributed by atoms with Gasteiger partial charge in [-0.1, -0.05) is 6.07 Å². The van der Waals surface area contributed by atoms with E-state index in [0.717, 1.165) is 23.5 Å². The molecule has 1 saturated carbocycles. The van der Waals surface area contributed by atoms with Gasteiger partial charge in [0.1, 0.15) is 17.7 Å². The number of rotatable bonds is 5. The van der Waals surface area contributed by atoms with Gasteiger partial charge < -0.3 is 5.32 Å². The minimum atomic E-state index is -0.0842. The summed E-state index contributed by atoms with van der Waals surface area (Å²) in [5, 5.41) is 10.2. The van der Waals surface area contributed by atoms with E-state index in [9.17, 15) is 4.79 Å². The number of hydrogen-bond acceptors (Lipinski definition) is 5. The van der Waals surface area contributed by atoms with Crippen LogP contribution in [0.1, 0.15) is 34.2 Å². The molecule has 1 aromatic carbocycles. The van der Waals surface area contributed by atoms with E-state index in [4.69, 9.17) is 0 Å². The Hall–Kier alpha value is -2.54. The Kier molecular flexibility index (Phi) is 3.63. The highest BCUT2D eigenvalue weighted by Crippen LogP contribution is 2.41. The molecule has 0 unspecified atom stereocenters. The number of hydrogen-bond donors (Lipinski definition) is 1. The second-order valence-electron chi connectivity index (χ2n) is 5.55. The number of amides is 1. The molecule has 0 spiro atoms. The highest BCUT2D eigenvalue weighted by molar-refractivity contribution is 7.09. The lowest BCUT2D eigenvalue weighted by Crippen LogP contribution is -2.29. The van der Waals surface area contributed by atoms with Crippen molar-refractivity contribution in [3.05, 3.63) is 59.1 Å². The van der Waals surface area contributed by atoms with E-state index >= 15 is 0 Å². The van der Waals surface area contributed by atoms with E-state index in [1.807, 2.05) is 29.6 Å². The Morgan fingerprint density at radius 2 is 2.30 bits per heavy atom. The van der Waals surface area contributed by atoms with E-state index in [-0.39, 0.29) is 11.9 Å². The fraction of sp³-hybridized carbons (Fsp3) is 0.250. The third kappa shape index (κ3) is 3.00. The first-order valence-corrected chi connectivity index (χ1v) is 8.34. The van der Waals surface area contributed by atoms with Crippen molar-refractivity contribution in [1.29, 1.82) is 0 Å². The Morgan fingerprint density at radius 1 is 1.39 bits per heavy atom. The molecule has 1 aliphatic rings. The van der Waals surface area contributed by atoms with E-state index in [2.05, 4.69) is 20.4 Å². The van der Waals surface area contributed by atoms with Crippen LogP contribution in [-0.2, 0) is 0 Å². The smallest absolute Gasteiger partial charge is 0.251 e. The zero-order valence-corrected chi connectivity index (χ0v) is 13.1. The summed E-state index contributed by atoms with van der Waals surface area (Å²) in [5.74, 6) is 0.419. The zero-order valence-electron chi connectivity index (χ0n) is 12.3. The van der Waals surface area contributed by atoms with Crippen molar-refractivity contribution < 1.29 is 4.79 Å². The maximum absolute atomic E-state index is 12.6. The second-order valence-corrected chi connectivity index (χ2v) is 6.48. The van der Waals surface area contributed by atoms with Crippen LogP contribution in [0.5, 0.6) is 0 Å². The van der Waals surface area contributed by atoms with E-state index < -0.39 is 0 Å². The van der Waals surface area contributed by atoms with Crippen LogP contribution in [0.4, 0.5) is 0 Å². The normalized spacial score (nSPS) is 15.3. The maximum atomic E-state index is 12.6. The largest absolute Gasteiger partial charge is 0.343 e. The maximum Gasteiger partial charge on any atom is 0.251 e. The molecule has 1 atom stereocenters. The first kappa shape index (κ1) is 14.1. The van der Waals surface area contributed by atoms with E-state index in [0.29, 0.717) is 11.5 Å². The Morgan fingerprint density at radius 3 is 3.00 bits per heavy atom. The van der Waals surface area contributed by atoms with Crippen LogP contribution in [-0.4, -0.2) is 25.7 Å². The van der Waals surface area contributed by atoms with Gasteiger partial charge in [-0.25, -0.2) is 14.6 Å². The summed E-state index contributed by atoms with van der Waals surface area (Å²) in [5.41, 5.74) is 1.42. The topological polar surface area (TPSA) is 72.7 Å². The van der Waals surface area contributed by atoms with Gasteiger partial charge in [-0.2, -0.15) is 5.10 Å². The Bertz CT molecular complexity index is 796. The summed E-state index contributed by atoms with van der Waals surface area (Å²) >= 11 is 1.59. The molecular formula is C16H15N5OS. The van der Waals surface area contributed by atoms with Gasteiger partial charge in [-0.3, -0.25) is 4.79 Å². The molecule has 2 heterocycles. The molecule has 1 N–H and O–H groups in total. The molecule has 0 saturated heterocycles. The summed E-state index contributed by atoms with van der Waals surface area (Å²) < 4.78 is 1.63. The zero-order chi connectivity index (χ0) is 15.6. The number of carbonyl (C=O) groups excluding carboxylic acids is 1. The van der Waals surface area contributed by atoms with Gasteiger partial charge in [0.2, 0.25) is 0 Å². The van der Waals surface area contributed by atoms with Gasteiger partial charge in [-0.05, 0) is 37.0 Å². The monoisotopic (exact) mass is 325 g/mol. The summed E-state index contributed by atoms with van der Waals surface area (Å²) in [6.45, 7) is 0.